The van der Waals surface area contributed by atoms with Gasteiger partial charge in [-0.3, -0.25) is 0 Å². The highest BCUT2D eigenvalue weighted by atomic mass is 15.0. The zero-order valence-corrected chi connectivity index (χ0v) is 10.7. The molecule has 1 aromatic rings. The Hall–Kier alpha value is -1.17. The molecule has 18 heavy (non-hydrogen) atoms. The number of hydrogen-bond donors (Lipinski definition) is 4. The molecule has 100 valence electrons. The molecule has 1 aromatic heterocycles. The van der Waals surface area contributed by atoms with Gasteiger partial charge in [0.15, 0.2) is 0 Å². The molecule has 0 saturated heterocycles. The quantitative estimate of drug-likeness (QED) is 0.581. The van der Waals surface area contributed by atoms with E-state index in [9.17, 15) is 0 Å². The average Bonchev–Trinajstić information content (AvgIpc) is 2.67. The van der Waals surface area contributed by atoms with Crippen LogP contribution in [-0.2, 0) is 6.42 Å². The second kappa shape index (κ2) is 6.13. The number of rotatable bonds is 5. The second-order valence-corrected chi connectivity index (χ2v) is 5.10. The summed E-state index contributed by atoms with van der Waals surface area (Å²) in [5, 5.41) is 3.48. The molecule has 1 aliphatic rings. The largest absolute Gasteiger partial charge is 0.384 e. The van der Waals surface area contributed by atoms with Gasteiger partial charge in [-0.1, -0.05) is 6.07 Å². The van der Waals surface area contributed by atoms with E-state index >= 15 is 0 Å². The summed E-state index contributed by atoms with van der Waals surface area (Å²) >= 11 is 0. The van der Waals surface area contributed by atoms with Crippen molar-refractivity contribution in [3.05, 3.63) is 23.9 Å². The normalized spacial score (nSPS) is 27.6. The van der Waals surface area contributed by atoms with Crippen LogP contribution in [0, 0.1) is 5.92 Å². The Morgan fingerprint density at radius 3 is 2.89 bits per heavy atom. The fourth-order valence-electron chi connectivity index (χ4n) is 2.79. The van der Waals surface area contributed by atoms with Crippen molar-refractivity contribution in [1.29, 1.82) is 0 Å². The Labute approximate surface area is 108 Å². The smallest absolute Gasteiger partial charge is 0.123 e. The molecule has 3 unspecified atom stereocenters. The number of anilines is 1. The highest BCUT2D eigenvalue weighted by molar-refractivity contribution is 5.29. The predicted molar refractivity (Wildman–Crippen MR) is 73.9 cm³/mol. The number of hydrogen-bond acceptors (Lipinski definition) is 5. The lowest BCUT2D eigenvalue weighted by Crippen LogP contribution is -2.37. The van der Waals surface area contributed by atoms with Crippen LogP contribution in [0.2, 0.25) is 0 Å². The maximum Gasteiger partial charge on any atom is 0.123 e. The summed E-state index contributed by atoms with van der Waals surface area (Å²) in [5.41, 5.74) is 18.3. The molecular formula is C13H23N5. The van der Waals surface area contributed by atoms with E-state index in [0.717, 1.165) is 31.5 Å². The molecule has 2 rings (SSSR count). The molecule has 0 aliphatic heterocycles. The highest BCUT2D eigenvalue weighted by Crippen LogP contribution is 2.27. The Morgan fingerprint density at radius 1 is 1.33 bits per heavy atom. The standard InChI is InChI=1S/C13H23N5/c14-4-5-17-12-8-10(15)6-9(12)7-11-2-1-3-13(16)18-11/h1-3,9-10,12,17H,4-8,14-15H2,(H2,16,18). The maximum absolute atomic E-state index is 6.05. The highest BCUT2D eigenvalue weighted by Gasteiger charge is 2.32. The fourth-order valence-corrected chi connectivity index (χ4v) is 2.79. The number of nitrogen functional groups attached to an aromatic ring is 1. The molecule has 5 heteroatoms. The van der Waals surface area contributed by atoms with Gasteiger partial charge >= 0.3 is 0 Å². The van der Waals surface area contributed by atoms with E-state index in [1.807, 2.05) is 18.2 Å². The van der Waals surface area contributed by atoms with Crippen molar-refractivity contribution in [2.45, 2.75) is 31.3 Å². The van der Waals surface area contributed by atoms with Crippen LogP contribution in [0.4, 0.5) is 5.82 Å². The van der Waals surface area contributed by atoms with Gasteiger partial charge in [0.1, 0.15) is 5.82 Å². The molecule has 1 heterocycles. The molecule has 1 saturated carbocycles. The molecular weight excluding hydrogens is 226 g/mol. The zero-order valence-electron chi connectivity index (χ0n) is 10.7. The third-order valence-electron chi connectivity index (χ3n) is 3.58. The van der Waals surface area contributed by atoms with Gasteiger partial charge in [-0.15, -0.1) is 0 Å². The lowest BCUT2D eigenvalue weighted by Gasteiger charge is -2.20. The van der Waals surface area contributed by atoms with Gasteiger partial charge in [-0.05, 0) is 37.3 Å². The van der Waals surface area contributed by atoms with Crippen LogP contribution in [-0.4, -0.2) is 30.2 Å². The topological polar surface area (TPSA) is 103 Å². The van der Waals surface area contributed by atoms with E-state index in [4.69, 9.17) is 17.2 Å². The van der Waals surface area contributed by atoms with Gasteiger partial charge in [0.05, 0.1) is 0 Å². The van der Waals surface area contributed by atoms with E-state index in [2.05, 4.69) is 10.3 Å². The van der Waals surface area contributed by atoms with Crippen molar-refractivity contribution in [2.75, 3.05) is 18.8 Å². The molecule has 3 atom stereocenters. The van der Waals surface area contributed by atoms with E-state index in [0.29, 0.717) is 24.3 Å². The lowest BCUT2D eigenvalue weighted by atomic mass is 9.97. The SMILES string of the molecule is NCCNC1CC(N)CC1Cc1cccc(N)n1. The molecule has 1 aliphatic carbocycles. The number of nitrogens with two attached hydrogens (primary N) is 3. The first-order valence-electron chi connectivity index (χ1n) is 6.59. The first kappa shape index (κ1) is 13.3. The number of nitrogens with one attached hydrogen (secondary N) is 1. The first-order chi connectivity index (χ1) is 8.69. The van der Waals surface area contributed by atoms with Crippen molar-refractivity contribution in [3.63, 3.8) is 0 Å². The Bertz CT molecular complexity index is 381. The van der Waals surface area contributed by atoms with Crippen molar-refractivity contribution in [3.8, 4) is 0 Å². The van der Waals surface area contributed by atoms with Crippen molar-refractivity contribution >= 4 is 5.82 Å². The maximum atomic E-state index is 6.05. The van der Waals surface area contributed by atoms with Gasteiger partial charge < -0.3 is 22.5 Å². The van der Waals surface area contributed by atoms with Crippen LogP contribution in [0.25, 0.3) is 0 Å². The molecule has 0 amide bonds. The Kier molecular flexibility index (Phi) is 4.52. The van der Waals surface area contributed by atoms with E-state index < -0.39 is 0 Å². The fraction of sp³-hybridized carbons (Fsp3) is 0.615. The summed E-state index contributed by atoms with van der Waals surface area (Å²) in [6.07, 6.45) is 2.99. The summed E-state index contributed by atoms with van der Waals surface area (Å²) < 4.78 is 0. The van der Waals surface area contributed by atoms with Crippen molar-refractivity contribution < 1.29 is 0 Å². The van der Waals surface area contributed by atoms with Crippen LogP contribution in [0.3, 0.4) is 0 Å². The summed E-state index contributed by atoms with van der Waals surface area (Å²) in [6.45, 7) is 1.51. The van der Waals surface area contributed by atoms with E-state index in [-0.39, 0.29) is 6.04 Å². The summed E-state index contributed by atoms with van der Waals surface area (Å²) in [7, 11) is 0. The lowest BCUT2D eigenvalue weighted by molar-refractivity contribution is 0.400. The summed E-state index contributed by atoms with van der Waals surface area (Å²) in [6, 6.07) is 6.53. The average molecular weight is 249 g/mol. The Morgan fingerprint density at radius 2 is 2.17 bits per heavy atom. The minimum atomic E-state index is 0.284. The minimum Gasteiger partial charge on any atom is -0.384 e. The van der Waals surface area contributed by atoms with Crippen LogP contribution in [0.1, 0.15) is 18.5 Å². The third kappa shape index (κ3) is 3.41. The number of nitrogens with zero attached hydrogens (tertiary/aromatic N) is 1. The molecule has 1 fully saturated rings. The van der Waals surface area contributed by atoms with Crippen LogP contribution in [0.5, 0.6) is 0 Å². The van der Waals surface area contributed by atoms with Gasteiger partial charge in [0.25, 0.3) is 0 Å². The zero-order chi connectivity index (χ0) is 13.0. The van der Waals surface area contributed by atoms with Gasteiger partial charge in [0, 0.05) is 30.9 Å². The van der Waals surface area contributed by atoms with Crippen molar-refractivity contribution in [2.24, 2.45) is 17.4 Å². The third-order valence-corrected chi connectivity index (χ3v) is 3.58. The number of aromatic nitrogens is 1. The molecule has 0 radical (unpaired) electrons. The monoisotopic (exact) mass is 249 g/mol. The van der Waals surface area contributed by atoms with Crippen LogP contribution < -0.4 is 22.5 Å². The first-order valence-corrected chi connectivity index (χ1v) is 6.59. The van der Waals surface area contributed by atoms with Crippen LogP contribution >= 0.6 is 0 Å². The van der Waals surface area contributed by atoms with Crippen molar-refractivity contribution in [1.82, 2.24) is 10.3 Å². The number of pyridine rings is 1. The van der Waals surface area contributed by atoms with E-state index in [1.165, 1.54) is 0 Å². The Balaban J connectivity index is 1.98. The van der Waals surface area contributed by atoms with Gasteiger partial charge in [-0.25, -0.2) is 4.98 Å². The predicted octanol–water partition coefficient (Wildman–Crippen LogP) is -0.139. The molecule has 0 bridgehead atoms. The van der Waals surface area contributed by atoms with Gasteiger partial charge in [-0.2, -0.15) is 0 Å². The second-order valence-electron chi connectivity index (χ2n) is 5.10. The summed E-state index contributed by atoms with van der Waals surface area (Å²) in [4.78, 5) is 4.36. The molecule has 0 aromatic carbocycles. The molecule has 7 N–H and O–H groups in total. The van der Waals surface area contributed by atoms with Gasteiger partial charge in [0.2, 0.25) is 0 Å². The molecule has 0 spiro atoms. The summed E-state index contributed by atoms with van der Waals surface area (Å²) in [5.74, 6) is 1.11. The van der Waals surface area contributed by atoms with E-state index in [1.54, 1.807) is 0 Å². The molecule has 5 nitrogen and oxygen atoms in total. The minimum absolute atomic E-state index is 0.284. The van der Waals surface area contributed by atoms with Crippen LogP contribution in [0.15, 0.2) is 18.2 Å².